The highest BCUT2D eigenvalue weighted by atomic mass is 16.5. The van der Waals surface area contributed by atoms with Crippen molar-refractivity contribution in [2.24, 2.45) is 0 Å². The third-order valence-corrected chi connectivity index (χ3v) is 4.21. The van der Waals surface area contributed by atoms with Gasteiger partial charge in [-0.1, -0.05) is 54.6 Å². The fourth-order valence-electron chi connectivity index (χ4n) is 2.97. The first-order valence-electron chi connectivity index (χ1n) is 7.69. The summed E-state index contributed by atoms with van der Waals surface area (Å²) in [5.74, 6) is 0. The topological polar surface area (TPSA) is 46.5 Å². The van der Waals surface area contributed by atoms with Crippen molar-refractivity contribution in [3.8, 4) is 0 Å². The van der Waals surface area contributed by atoms with Crippen LogP contribution < -0.4 is 0 Å². The molecule has 0 saturated carbocycles. The minimum atomic E-state index is -0.485. The van der Waals surface area contributed by atoms with Gasteiger partial charge >= 0.3 is 0 Å². The van der Waals surface area contributed by atoms with E-state index in [9.17, 15) is 9.90 Å². The van der Waals surface area contributed by atoms with Crippen molar-refractivity contribution in [1.29, 1.82) is 0 Å². The summed E-state index contributed by atoms with van der Waals surface area (Å²) in [6, 6.07) is 17.5. The largest absolute Gasteiger partial charge is 0.390 e. The van der Waals surface area contributed by atoms with Crippen molar-refractivity contribution in [2.75, 3.05) is 0 Å². The van der Waals surface area contributed by atoms with Crippen LogP contribution in [0.3, 0.4) is 0 Å². The molecule has 1 heterocycles. The molecule has 1 aliphatic heterocycles. The second kappa shape index (κ2) is 6.86. The number of aliphatic hydroxyl groups excluding tert-OH is 1. The smallest absolute Gasteiger partial charge is 0.150 e. The number of aliphatic hydroxyl groups is 1. The molecule has 1 N–H and O–H groups in total. The summed E-state index contributed by atoms with van der Waals surface area (Å²) in [5.41, 5.74) is 2.86. The number of aldehydes is 1. The molecule has 3 heteroatoms. The number of hydrogen-bond acceptors (Lipinski definition) is 3. The highest BCUT2D eigenvalue weighted by molar-refractivity contribution is 5.74. The summed E-state index contributed by atoms with van der Waals surface area (Å²) in [4.78, 5) is 10.7. The normalized spacial score (nSPS) is 22.4. The zero-order valence-electron chi connectivity index (χ0n) is 12.4. The molecule has 0 radical (unpaired) electrons. The fourth-order valence-corrected chi connectivity index (χ4v) is 2.97. The van der Waals surface area contributed by atoms with Crippen molar-refractivity contribution in [1.82, 2.24) is 0 Å². The lowest BCUT2D eigenvalue weighted by Crippen LogP contribution is -2.27. The molecule has 2 aromatic rings. The Labute approximate surface area is 130 Å². The minimum absolute atomic E-state index is 0.0103. The maximum Gasteiger partial charge on any atom is 0.150 e. The Balaban J connectivity index is 1.60. The molecule has 3 nitrogen and oxygen atoms in total. The lowest BCUT2D eigenvalue weighted by molar-refractivity contribution is -0.0344. The highest BCUT2D eigenvalue weighted by Gasteiger charge is 2.31. The molecule has 1 saturated heterocycles. The summed E-state index contributed by atoms with van der Waals surface area (Å²) in [5, 5.41) is 10.4. The van der Waals surface area contributed by atoms with Gasteiger partial charge in [0.25, 0.3) is 0 Å². The van der Waals surface area contributed by atoms with E-state index in [1.165, 1.54) is 0 Å². The van der Waals surface area contributed by atoms with Gasteiger partial charge in [-0.2, -0.15) is 0 Å². The van der Waals surface area contributed by atoms with E-state index in [2.05, 4.69) is 0 Å². The van der Waals surface area contributed by atoms with Crippen molar-refractivity contribution >= 4 is 6.29 Å². The van der Waals surface area contributed by atoms with Gasteiger partial charge in [0.2, 0.25) is 0 Å². The Bertz CT molecular complexity index is 606. The fraction of sp³-hybridized carbons (Fsp3) is 0.316. The van der Waals surface area contributed by atoms with Gasteiger partial charge < -0.3 is 9.84 Å². The predicted molar refractivity (Wildman–Crippen MR) is 84.8 cm³/mol. The first-order chi connectivity index (χ1) is 10.8. The third-order valence-electron chi connectivity index (χ3n) is 4.21. The summed E-state index contributed by atoms with van der Waals surface area (Å²) in [6.45, 7) is 0. The molecule has 3 atom stereocenters. The molecule has 1 fully saturated rings. The molecule has 0 aromatic heterocycles. The van der Waals surface area contributed by atoms with Gasteiger partial charge in [0.15, 0.2) is 0 Å². The zero-order chi connectivity index (χ0) is 15.4. The van der Waals surface area contributed by atoms with Gasteiger partial charge in [-0.3, -0.25) is 4.79 Å². The van der Waals surface area contributed by atoms with Crippen LogP contribution in [0.5, 0.6) is 0 Å². The molecule has 3 rings (SSSR count). The zero-order valence-corrected chi connectivity index (χ0v) is 12.4. The van der Waals surface area contributed by atoms with Crippen LogP contribution in [0, 0.1) is 0 Å². The molecular formula is C19H20O3. The number of benzene rings is 2. The lowest BCUT2D eigenvalue weighted by Gasteiger charge is -2.19. The van der Waals surface area contributed by atoms with Crippen LogP contribution in [0.4, 0.5) is 0 Å². The van der Waals surface area contributed by atoms with Gasteiger partial charge in [-0.15, -0.1) is 0 Å². The summed E-state index contributed by atoms with van der Waals surface area (Å²) in [6.07, 6.45) is 2.60. The second-order valence-electron chi connectivity index (χ2n) is 5.78. The van der Waals surface area contributed by atoms with Gasteiger partial charge in [0.05, 0.1) is 18.3 Å². The number of rotatable bonds is 5. The van der Waals surface area contributed by atoms with Gasteiger partial charge in [0.1, 0.15) is 6.29 Å². The van der Waals surface area contributed by atoms with Crippen LogP contribution in [0.15, 0.2) is 54.6 Å². The molecule has 1 aliphatic rings. The first kappa shape index (κ1) is 14.9. The summed E-state index contributed by atoms with van der Waals surface area (Å²) >= 11 is 0. The van der Waals surface area contributed by atoms with Crippen LogP contribution in [0.2, 0.25) is 0 Å². The van der Waals surface area contributed by atoms with Crippen LogP contribution >= 0.6 is 0 Å². The van der Waals surface area contributed by atoms with Crippen LogP contribution in [-0.2, 0) is 11.2 Å². The maximum absolute atomic E-state index is 10.7. The van der Waals surface area contributed by atoms with Crippen LogP contribution in [-0.4, -0.2) is 23.6 Å². The number of carbonyl (C=O) groups is 1. The quantitative estimate of drug-likeness (QED) is 0.861. The Morgan fingerprint density at radius 1 is 1.09 bits per heavy atom. The van der Waals surface area contributed by atoms with Crippen LogP contribution in [0.25, 0.3) is 0 Å². The van der Waals surface area contributed by atoms with Crippen molar-refractivity contribution in [2.45, 2.75) is 37.6 Å². The Hall–Kier alpha value is -1.97. The maximum atomic E-state index is 10.7. The van der Waals surface area contributed by atoms with E-state index < -0.39 is 6.10 Å². The van der Waals surface area contributed by atoms with Crippen molar-refractivity contribution in [3.63, 3.8) is 0 Å². The lowest BCUT2D eigenvalue weighted by atomic mass is 10.0. The molecular weight excluding hydrogens is 276 g/mol. The Morgan fingerprint density at radius 2 is 1.82 bits per heavy atom. The second-order valence-corrected chi connectivity index (χ2v) is 5.78. The summed E-state index contributed by atoms with van der Waals surface area (Å²) < 4.78 is 6.02. The van der Waals surface area contributed by atoms with Crippen molar-refractivity contribution in [3.05, 3.63) is 71.3 Å². The highest BCUT2D eigenvalue weighted by Crippen LogP contribution is 2.34. The van der Waals surface area contributed by atoms with Crippen molar-refractivity contribution < 1.29 is 14.6 Å². The molecule has 0 amide bonds. The molecule has 3 unspecified atom stereocenters. The molecule has 0 bridgehead atoms. The van der Waals surface area contributed by atoms with E-state index in [1.54, 1.807) is 12.1 Å². The molecule has 114 valence electrons. The van der Waals surface area contributed by atoms with Gasteiger partial charge in [-0.25, -0.2) is 0 Å². The van der Waals surface area contributed by atoms with Gasteiger partial charge in [0, 0.05) is 12.0 Å². The Morgan fingerprint density at radius 3 is 2.50 bits per heavy atom. The van der Waals surface area contributed by atoms with Gasteiger partial charge in [-0.05, 0) is 24.0 Å². The average molecular weight is 296 g/mol. The molecule has 0 spiro atoms. The SMILES string of the molecule is O=Cc1ccc(C2CCC(C(O)Cc3ccccc3)O2)cc1. The third kappa shape index (κ3) is 3.43. The van der Waals surface area contributed by atoms with E-state index in [1.807, 2.05) is 42.5 Å². The van der Waals surface area contributed by atoms with E-state index in [0.717, 1.165) is 30.3 Å². The van der Waals surface area contributed by atoms with E-state index in [0.29, 0.717) is 12.0 Å². The number of ether oxygens (including phenoxy) is 1. The Kier molecular flexibility index (Phi) is 4.66. The minimum Gasteiger partial charge on any atom is -0.390 e. The monoisotopic (exact) mass is 296 g/mol. The van der Waals surface area contributed by atoms with E-state index in [4.69, 9.17) is 4.74 Å². The predicted octanol–water partition coefficient (Wildman–Crippen LogP) is 3.32. The standard InChI is InChI=1S/C19H20O3/c20-13-15-6-8-16(9-7-15)18-10-11-19(22-18)17(21)12-14-4-2-1-3-5-14/h1-9,13,17-19,21H,10-12H2. The average Bonchev–Trinajstić information content (AvgIpc) is 3.06. The molecule has 2 aromatic carbocycles. The molecule has 0 aliphatic carbocycles. The first-order valence-corrected chi connectivity index (χ1v) is 7.69. The summed E-state index contributed by atoms with van der Waals surface area (Å²) in [7, 11) is 0. The van der Waals surface area contributed by atoms with E-state index >= 15 is 0 Å². The van der Waals surface area contributed by atoms with E-state index in [-0.39, 0.29) is 12.2 Å². The van der Waals surface area contributed by atoms with Crippen LogP contribution in [0.1, 0.15) is 40.4 Å². The number of carbonyl (C=O) groups excluding carboxylic acids is 1. The molecule has 22 heavy (non-hydrogen) atoms. The number of hydrogen-bond donors (Lipinski definition) is 1.